The van der Waals surface area contributed by atoms with Crippen molar-refractivity contribution < 1.29 is 9.53 Å². The van der Waals surface area contributed by atoms with Crippen LogP contribution in [0.25, 0.3) is 0 Å². The molecule has 2 aliphatic rings. The maximum absolute atomic E-state index is 12.7. The van der Waals surface area contributed by atoms with E-state index in [2.05, 4.69) is 44.0 Å². The number of hydrogen-bond donors (Lipinski definition) is 1. The minimum atomic E-state index is -0.0927. The van der Waals surface area contributed by atoms with E-state index < -0.39 is 0 Å². The Morgan fingerprint density at radius 3 is 2.64 bits per heavy atom. The van der Waals surface area contributed by atoms with Gasteiger partial charge in [0.1, 0.15) is 12.4 Å². The van der Waals surface area contributed by atoms with Crippen LogP contribution in [0.2, 0.25) is 0 Å². The van der Waals surface area contributed by atoms with Gasteiger partial charge in [-0.3, -0.25) is 9.69 Å². The zero-order valence-electron chi connectivity index (χ0n) is 16.0. The van der Waals surface area contributed by atoms with Crippen molar-refractivity contribution in [2.24, 2.45) is 17.8 Å². The summed E-state index contributed by atoms with van der Waals surface area (Å²) in [4.78, 5) is 15.2. The second kappa shape index (κ2) is 7.36. The van der Waals surface area contributed by atoms with Gasteiger partial charge in [0, 0.05) is 25.2 Å². The third-order valence-electron chi connectivity index (χ3n) is 5.67. The predicted octanol–water partition coefficient (Wildman–Crippen LogP) is 3.11. The van der Waals surface area contributed by atoms with E-state index in [9.17, 15) is 4.79 Å². The lowest BCUT2D eigenvalue weighted by Crippen LogP contribution is -2.56. The molecule has 4 nitrogen and oxygen atoms in total. The van der Waals surface area contributed by atoms with Crippen molar-refractivity contribution in [3.8, 4) is 5.75 Å². The Morgan fingerprint density at radius 1 is 1.24 bits per heavy atom. The highest BCUT2D eigenvalue weighted by Crippen LogP contribution is 2.28. The SMILES string of the molecule is CC1CC(C)CN(C(C)(C)CNC(=O)C2COc3ccccc3C2)C1. The molecule has 0 bridgehead atoms. The Balaban J connectivity index is 1.55. The molecular weight excluding hydrogens is 312 g/mol. The summed E-state index contributed by atoms with van der Waals surface area (Å²) in [5.41, 5.74) is 1.11. The minimum Gasteiger partial charge on any atom is -0.492 e. The van der Waals surface area contributed by atoms with Gasteiger partial charge in [-0.25, -0.2) is 0 Å². The number of fused-ring (bicyclic) bond motifs is 1. The average Bonchev–Trinajstić information content (AvgIpc) is 2.58. The summed E-state index contributed by atoms with van der Waals surface area (Å²) < 4.78 is 5.76. The fourth-order valence-electron chi connectivity index (χ4n) is 4.21. The molecule has 4 heteroatoms. The van der Waals surface area contributed by atoms with Crippen molar-refractivity contribution in [1.82, 2.24) is 10.2 Å². The van der Waals surface area contributed by atoms with Crippen LogP contribution >= 0.6 is 0 Å². The zero-order chi connectivity index (χ0) is 18.0. The molecule has 1 N–H and O–H groups in total. The molecule has 2 heterocycles. The first-order valence-corrected chi connectivity index (χ1v) is 9.58. The van der Waals surface area contributed by atoms with Crippen LogP contribution in [-0.4, -0.2) is 42.6 Å². The van der Waals surface area contributed by atoms with Gasteiger partial charge in [-0.15, -0.1) is 0 Å². The first-order valence-electron chi connectivity index (χ1n) is 9.58. The summed E-state index contributed by atoms with van der Waals surface area (Å²) in [6.07, 6.45) is 2.07. The van der Waals surface area contributed by atoms with Crippen LogP contribution in [0.4, 0.5) is 0 Å². The Bertz CT molecular complexity index is 604. The Morgan fingerprint density at radius 2 is 1.92 bits per heavy atom. The second-order valence-corrected chi connectivity index (χ2v) is 8.70. The lowest BCUT2D eigenvalue weighted by Gasteiger charge is -2.45. The number of piperidine rings is 1. The molecule has 0 spiro atoms. The van der Waals surface area contributed by atoms with E-state index in [4.69, 9.17) is 4.74 Å². The van der Waals surface area contributed by atoms with E-state index in [0.29, 0.717) is 13.2 Å². The van der Waals surface area contributed by atoms with Crippen molar-refractivity contribution in [3.63, 3.8) is 0 Å². The Hall–Kier alpha value is -1.55. The maximum Gasteiger partial charge on any atom is 0.226 e. The third kappa shape index (κ3) is 4.35. The van der Waals surface area contributed by atoms with Crippen LogP contribution in [0.1, 0.15) is 39.7 Å². The van der Waals surface area contributed by atoms with Gasteiger partial charge in [0.15, 0.2) is 0 Å². The quantitative estimate of drug-likeness (QED) is 0.912. The monoisotopic (exact) mass is 344 g/mol. The molecule has 138 valence electrons. The maximum atomic E-state index is 12.7. The fourth-order valence-corrected chi connectivity index (χ4v) is 4.21. The Labute approximate surface area is 151 Å². The highest BCUT2D eigenvalue weighted by Gasteiger charge is 2.34. The smallest absolute Gasteiger partial charge is 0.226 e. The number of nitrogens with one attached hydrogen (secondary N) is 1. The summed E-state index contributed by atoms with van der Waals surface area (Å²) in [5.74, 6) is 2.39. The summed E-state index contributed by atoms with van der Waals surface area (Å²) in [7, 11) is 0. The van der Waals surface area contributed by atoms with E-state index in [-0.39, 0.29) is 17.4 Å². The highest BCUT2D eigenvalue weighted by molar-refractivity contribution is 5.79. The molecule has 3 unspecified atom stereocenters. The van der Waals surface area contributed by atoms with Gasteiger partial charge in [0.05, 0.1) is 5.92 Å². The molecule has 1 fully saturated rings. The highest BCUT2D eigenvalue weighted by atomic mass is 16.5. The molecule has 2 aliphatic heterocycles. The van der Waals surface area contributed by atoms with Gasteiger partial charge in [0.25, 0.3) is 0 Å². The number of ether oxygens (including phenoxy) is 1. The number of carbonyl (C=O) groups excluding carboxylic acids is 1. The van der Waals surface area contributed by atoms with Gasteiger partial charge in [0.2, 0.25) is 5.91 Å². The van der Waals surface area contributed by atoms with Crippen molar-refractivity contribution in [2.45, 2.75) is 46.1 Å². The summed E-state index contributed by atoms with van der Waals surface area (Å²) in [6.45, 7) is 12.5. The summed E-state index contributed by atoms with van der Waals surface area (Å²) >= 11 is 0. The summed E-state index contributed by atoms with van der Waals surface area (Å²) in [6, 6.07) is 8.01. The van der Waals surface area contributed by atoms with Crippen LogP contribution in [0.5, 0.6) is 5.75 Å². The van der Waals surface area contributed by atoms with Crippen molar-refractivity contribution in [3.05, 3.63) is 29.8 Å². The van der Waals surface area contributed by atoms with Crippen molar-refractivity contribution in [2.75, 3.05) is 26.2 Å². The van der Waals surface area contributed by atoms with Gasteiger partial charge in [-0.05, 0) is 50.2 Å². The molecule has 1 aromatic carbocycles. The average molecular weight is 344 g/mol. The van der Waals surface area contributed by atoms with Gasteiger partial charge < -0.3 is 10.1 Å². The van der Waals surface area contributed by atoms with Crippen LogP contribution in [0.15, 0.2) is 24.3 Å². The second-order valence-electron chi connectivity index (χ2n) is 8.70. The van der Waals surface area contributed by atoms with Crippen molar-refractivity contribution >= 4 is 5.91 Å². The van der Waals surface area contributed by atoms with Gasteiger partial charge >= 0.3 is 0 Å². The van der Waals surface area contributed by atoms with Crippen LogP contribution < -0.4 is 10.1 Å². The molecule has 1 aromatic rings. The first-order chi connectivity index (χ1) is 11.8. The lowest BCUT2D eigenvalue weighted by atomic mass is 9.88. The number of rotatable bonds is 4. The number of nitrogens with zero attached hydrogens (tertiary/aromatic N) is 1. The number of likely N-dealkylation sites (tertiary alicyclic amines) is 1. The van der Waals surface area contributed by atoms with Crippen LogP contribution in [0, 0.1) is 17.8 Å². The minimum absolute atomic E-state index is 0.0218. The zero-order valence-corrected chi connectivity index (χ0v) is 16.0. The number of amides is 1. The molecule has 0 saturated carbocycles. The van der Waals surface area contributed by atoms with E-state index in [1.165, 1.54) is 6.42 Å². The predicted molar refractivity (Wildman–Crippen MR) is 101 cm³/mol. The largest absolute Gasteiger partial charge is 0.492 e. The molecule has 3 rings (SSSR count). The van der Waals surface area contributed by atoms with E-state index >= 15 is 0 Å². The van der Waals surface area contributed by atoms with Gasteiger partial charge in [-0.2, -0.15) is 0 Å². The lowest BCUT2D eigenvalue weighted by molar-refractivity contribution is -0.127. The topological polar surface area (TPSA) is 41.6 Å². The Kier molecular flexibility index (Phi) is 5.38. The van der Waals surface area contributed by atoms with Gasteiger partial charge in [-0.1, -0.05) is 32.0 Å². The van der Waals surface area contributed by atoms with Crippen LogP contribution in [0.3, 0.4) is 0 Å². The van der Waals surface area contributed by atoms with Crippen LogP contribution in [-0.2, 0) is 11.2 Å². The molecule has 1 amide bonds. The standard InChI is InChI=1S/C21H32N2O2/c1-15-9-16(2)12-23(11-15)21(3,4)14-22-20(24)18-10-17-7-5-6-8-19(17)25-13-18/h5-8,15-16,18H,9-14H2,1-4H3,(H,22,24). The number of benzene rings is 1. The number of para-hydroxylation sites is 1. The third-order valence-corrected chi connectivity index (χ3v) is 5.67. The van der Waals surface area contributed by atoms with Crippen molar-refractivity contribution in [1.29, 1.82) is 0 Å². The normalized spacial score (nSPS) is 27.3. The van der Waals surface area contributed by atoms with E-state index in [1.807, 2.05) is 18.2 Å². The molecule has 3 atom stereocenters. The van der Waals surface area contributed by atoms with E-state index in [1.54, 1.807) is 0 Å². The molecule has 1 saturated heterocycles. The molecule has 0 radical (unpaired) electrons. The fraction of sp³-hybridized carbons (Fsp3) is 0.667. The molecule has 0 aromatic heterocycles. The number of carbonyl (C=O) groups is 1. The number of hydrogen-bond acceptors (Lipinski definition) is 3. The molecule has 25 heavy (non-hydrogen) atoms. The molecular formula is C21H32N2O2. The summed E-state index contributed by atoms with van der Waals surface area (Å²) in [5, 5.41) is 3.19. The molecule has 0 aliphatic carbocycles. The van der Waals surface area contributed by atoms with E-state index in [0.717, 1.165) is 42.7 Å². The first kappa shape index (κ1) is 18.2.